The van der Waals surface area contributed by atoms with Crippen LogP contribution in [0.3, 0.4) is 0 Å². The summed E-state index contributed by atoms with van der Waals surface area (Å²) in [6.45, 7) is 0.328. The minimum atomic E-state index is -1.89. The molecule has 4 rings (SSSR count). The number of Topliss-reactive ketones (excluding diaryl/α,β-unsaturated/α-hetero) is 1. The molecule has 3 aromatic carbocycles. The molecule has 0 spiro atoms. The van der Waals surface area contributed by atoms with E-state index in [1.165, 1.54) is 0 Å². The van der Waals surface area contributed by atoms with Gasteiger partial charge in [0.25, 0.3) is 5.91 Å². The molecule has 0 aromatic heterocycles. The van der Waals surface area contributed by atoms with Gasteiger partial charge in [-0.05, 0) is 35.9 Å². The highest BCUT2D eigenvalue weighted by molar-refractivity contribution is 6.30. The first kappa shape index (κ1) is 18.4. The highest BCUT2D eigenvalue weighted by Crippen LogP contribution is 2.43. The SMILES string of the molecule is O=C(C[C@]1(O)C(=O)N(Cc2ccccc2)c2ccccc21)c1ccc(Cl)cc1. The Bertz CT molecular complexity index is 1030. The van der Waals surface area contributed by atoms with Gasteiger partial charge in [0.1, 0.15) is 0 Å². The molecule has 5 heteroatoms. The number of aliphatic hydroxyl groups is 1. The van der Waals surface area contributed by atoms with E-state index in [9.17, 15) is 14.7 Å². The van der Waals surface area contributed by atoms with Crippen molar-refractivity contribution < 1.29 is 14.7 Å². The van der Waals surface area contributed by atoms with Crippen LogP contribution in [0.5, 0.6) is 0 Å². The molecule has 1 atom stereocenters. The lowest BCUT2D eigenvalue weighted by Gasteiger charge is -2.23. The molecule has 1 N–H and O–H groups in total. The number of amides is 1. The van der Waals surface area contributed by atoms with Crippen molar-refractivity contribution in [3.05, 3.63) is 101 Å². The Kier molecular flexibility index (Phi) is 4.75. The van der Waals surface area contributed by atoms with Crippen molar-refractivity contribution >= 4 is 29.0 Å². The second-order valence-corrected chi connectivity index (χ2v) is 7.30. The summed E-state index contributed by atoms with van der Waals surface area (Å²) in [7, 11) is 0. The molecule has 0 unspecified atom stereocenters. The molecule has 140 valence electrons. The second-order valence-electron chi connectivity index (χ2n) is 6.86. The van der Waals surface area contributed by atoms with Gasteiger partial charge in [-0.1, -0.05) is 60.1 Å². The number of halogens is 1. The summed E-state index contributed by atoms with van der Waals surface area (Å²) in [6.07, 6.45) is -0.324. The summed E-state index contributed by atoms with van der Waals surface area (Å²) in [4.78, 5) is 27.5. The van der Waals surface area contributed by atoms with Crippen molar-refractivity contribution in [2.75, 3.05) is 4.90 Å². The smallest absolute Gasteiger partial charge is 0.264 e. The summed E-state index contributed by atoms with van der Waals surface area (Å²) < 4.78 is 0. The van der Waals surface area contributed by atoms with Crippen molar-refractivity contribution in [3.63, 3.8) is 0 Å². The lowest BCUT2D eigenvalue weighted by molar-refractivity contribution is -0.136. The van der Waals surface area contributed by atoms with Crippen LogP contribution in [-0.4, -0.2) is 16.8 Å². The Balaban J connectivity index is 1.67. The van der Waals surface area contributed by atoms with E-state index in [2.05, 4.69) is 0 Å². The molecule has 0 aliphatic carbocycles. The number of carbonyl (C=O) groups excluding carboxylic acids is 2. The largest absolute Gasteiger partial charge is 0.375 e. The maximum Gasteiger partial charge on any atom is 0.264 e. The first-order chi connectivity index (χ1) is 13.5. The molecular weight excluding hydrogens is 374 g/mol. The van der Waals surface area contributed by atoms with Gasteiger partial charge in [-0.15, -0.1) is 0 Å². The van der Waals surface area contributed by atoms with Crippen molar-refractivity contribution in [1.82, 2.24) is 0 Å². The molecule has 0 saturated carbocycles. The predicted molar refractivity (Wildman–Crippen MR) is 108 cm³/mol. The quantitative estimate of drug-likeness (QED) is 0.658. The second kappa shape index (κ2) is 7.23. The van der Waals surface area contributed by atoms with E-state index in [-0.39, 0.29) is 12.2 Å². The molecule has 3 aromatic rings. The Morgan fingerprint density at radius 1 is 0.929 bits per heavy atom. The first-order valence-electron chi connectivity index (χ1n) is 8.95. The maximum absolute atomic E-state index is 13.2. The number of hydrogen-bond acceptors (Lipinski definition) is 3. The molecule has 1 heterocycles. The molecule has 0 saturated heterocycles. The summed E-state index contributed by atoms with van der Waals surface area (Å²) in [5, 5.41) is 11.8. The van der Waals surface area contributed by atoms with Gasteiger partial charge >= 0.3 is 0 Å². The van der Waals surface area contributed by atoms with Gasteiger partial charge in [0.2, 0.25) is 0 Å². The standard InChI is InChI=1S/C23H18ClNO3/c24-18-12-10-17(11-13-18)21(26)14-23(28)19-8-4-5-9-20(19)25(22(23)27)15-16-6-2-1-3-7-16/h1-13,28H,14-15H2/t23-/m1/s1. The monoisotopic (exact) mass is 391 g/mol. The number of nitrogens with zero attached hydrogens (tertiary/aromatic N) is 1. The maximum atomic E-state index is 13.2. The summed E-state index contributed by atoms with van der Waals surface area (Å²) in [5.74, 6) is -0.802. The number of para-hydroxylation sites is 1. The lowest BCUT2D eigenvalue weighted by atomic mass is 9.88. The number of fused-ring (bicyclic) bond motifs is 1. The number of rotatable bonds is 5. The third-order valence-corrected chi connectivity index (χ3v) is 5.26. The Morgan fingerprint density at radius 3 is 2.29 bits per heavy atom. The van der Waals surface area contributed by atoms with Gasteiger partial charge in [-0.2, -0.15) is 0 Å². The molecule has 0 radical (unpaired) electrons. The predicted octanol–water partition coefficient (Wildman–Crippen LogP) is 4.35. The van der Waals surface area contributed by atoms with Crippen LogP contribution < -0.4 is 4.90 Å². The van der Waals surface area contributed by atoms with Crippen LogP contribution in [0.15, 0.2) is 78.9 Å². The normalized spacial score (nSPS) is 18.2. The molecule has 1 amide bonds. The summed E-state index contributed by atoms with van der Waals surface area (Å²) in [6, 6.07) is 23.1. The number of anilines is 1. The van der Waals surface area contributed by atoms with Crippen molar-refractivity contribution in [2.24, 2.45) is 0 Å². The Hall–Kier alpha value is -2.95. The van der Waals surface area contributed by atoms with Crippen LogP contribution in [0.4, 0.5) is 5.69 Å². The lowest BCUT2D eigenvalue weighted by Crippen LogP contribution is -2.41. The van der Waals surface area contributed by atoms with E-state index in [4.69, 9.17) is 11.6 Å². The van der Waals surface area contributed by atoms with E-state index in [1.807, 2.05) is 36.4 Å². The van der Waals surface area contributed by atoms with Crippen molar-refractivity contribution in [2.45, 2.75) is 18.6 Å². The van der Waals surface area contributed by atoms with Gasteiger partial charge in [0, 0.05) is 16.1 Å². The van der Waals surface area contributed by atoms with Crippen LogP contribution >= 0.6 is 11.6 Å². The fourth-order valence-corrected chi connectivity index (χ4v) is 3.70. The van der Waals surface area contributed by atoms with Crippen LogP contribution in [0, 0.1) is 0 Å². The minimum Gasteiger partial charge on any atom is -0.375 e. The van der Waals surface area contributed by atoms with Crippen LogP contribution in [-0.2, 0) is 16.9 Å². The van der Waals surface area contributed by atoms with Gasteiger partial charge in [0.05, 0.1) is 18.7 Å². The van der Waals surface area contributed by atoms with E-state index < -0.39 is 11.5 Å². The third kappa shape index (κ3) is 3.21. The van der Waals surface area contributed by atoms with E-state index in [0.717, 1.165) is 5.56 Å². The average Bonchev–Trinajstić information content (AvgIpc) is 2.91. The Morgan fingerprint density at radius 2 is 1.57 bits per heavy atom. The van der Waals surface area contributed by atoms with Gasteiger partial charge < -0.3 is 10.0 Å². The minimum absolute atomic E-state index is 0.316. The molecule has 1 aliphatic heterocycles. The molecular formula is C23H18ClNO3. The van der Waals surface area contributed by atoms with Gasteiger partial charge in [-0.25, -0.2) is 0 Å². The topological polar surface area (TPSA) is 57.6 Å². The summed E-state index contributed by atoms with van der Waals surface area (Å²) in [5.41, 5.74) is 0.548. The molecule has 1 aliphatic rings. The number of hydrogen-bond donors (Lipinski definition) is 1. The molecule has 0 fully saturated rings. The summed E-state index contributed by atoms with van der Waals surface area (Å²) >= 11 is 5.88. The highest BCUT2D eigenvalue weighted by Gasteiger charge is 2.50. The molecule has 28 heavy (non-hydrogen) atoms. The van der Waals surface area contributed by atoms with Gasteiger partial charge in [-0.3, -0.25) is 9.59 Å². The van der Waals surface area contributed by atoms with Crippen LogP contribution in [0.25, 0.3) is 0 Å². The van der Waals surface area contributed by atoms with Crippen molar-refractivity contribution in [1.29, 1.82) is 0 Å². The number of carbonyl (C=O) groups is 2. The number of benzene rings is 3. The average molecular weight is 392 g/mol. The molecule has 4 nitrogen and oxygen atoms in total. The van der Waals surface area contributed by atoms with Crippen LogP contribution in [0.2, 0.25) is 5.02 Å². The van der Waals surface area contributed by atoms with E-state index in [1.54, 1.807) is 47.4 Å². The highest BCUT2D eigenvalue weighted by atomic mass is 35.5. The zero-order valence-corrected chi connectivity index (χ0v) is 15.8. The zero-order chi connectivity index (χ0) is 19.7. The fraction of sp³-hybridized carbons (Fsp3) is 0.130. The van der Waals surface area contributed by atoms with Crippen molar-refractivity contribution in [3.8, 4) is 0 Å². The fourth-order valence-electron chi connectivity index (χ4n) is 3.57. The van der Waals surface area contributed by atoms with E-state index >= 15 is 0 Å². The number of ketones is 1. The first-order valence-corrected chi connectivity index (χ1v) is 9.33. The van der Waals surface area contributed by atoms with E-state index in [0.29, 0.717) is 28.4 Å². The van der Waals surface area contributed by atoms with Gasteiger partial charge in [0.15, 0.2) is 11.4 Å². The van der Waals surface area contributed by atoms with Crippen LogP contribution in [0.1, 0.15) is 27.9 Å². The Labute approximate surface area is 168 Å². The molecule has 0 bridgehead atoms. The zero-order valence-electron chi connectivity index (χ0n) is 15.0. The third-order valence-electron chi connectivity index (χ3n) is 5.01.